The quantitative estimate of drug-likeness (QED) is 0.472. The molecule has 1 heterocycles. The van der Waals surface area contributed by atoms with Crippen LogP contribution in [0.3, 0.4) is 0 Å². The van der Waals surface area contributed by atoms with Gasteiger partial charge in [-0.15, -0.1) is 11.3 Å². The summed E-state index contributed by atoms with van der Waals surface area (Å²) in [4.78, 5) is 13.9. The molecule has 0 unspecified atom stereocenters. The van der Waals surface area contributed by atoms with E-state index in [1.165, 1.54) is 4.31 Å². The summed E-state index contributed by atoms with van der Waals surface area (Å²) in [6.45, 7) is 1.70. The number of thiophene rings is 1. The van der Waals surface area contributed by atoms with Gasteiger partial charge in [0.05, 0.1) is 4.92 Å². The molecule has 11 heteroatoms. The second kappa shape index (κ2) is 8.36. The molecule has 0 amide bonds. The molecule has 0 aromatic carbocycles. The minimum absolute atomic E-state index is 0.105. The molecule has 0 aliphatic carbocycles. The fourth-order valence-corrected chi connectivity index (χ4v) is 4.93. The van der Waals surface area contributed by atoms with Crippen LogP contribution in [0.2, 0.25) is 4.34 Å². The Hall–Kier alpha value is -0.780. The lowest BCUT2D eigenvalue weighted by molar-refractivity contribution is -0.384. The lowest BCUT2D eigenvalue weighted by atomic mass is 10.5. The third-order valence-electron chi connectivity index (χ3n) is 3.03. The summed E-state index contributed by atoms with van der Waals surface area (Å²) >= 11 is 6.50. The van der Waals surface area contributed by atoms with Gasteiger partial charge in [-0.25, -0.2) is 8.42 Å². The Morgan fingerprint density at radius 1 is 1.13 bits per heavy atom. The average molecular weight is 385 g/mol. The van der Waals surface area contributed by atoms with Gasteiger partial charge < -0.3 is 9.80 Å². The summed E-state index contributed by atoms with van der Waals surface area (Å²) in [5.41, 5.74) is -0.379. The summed E-state index contributed by atoms with van der Waals surface area (Å²) in [7, 11) is 3.59. The summed E-state index contributed by atoms with van der Waals surface area (Å²) in [6, 6.07) is 1.03. The zero-order valence-electron chi connectivity index (χ0n) is 13.5. The van der Waals surface area contributed by atoms with Crippen molar-refractivity contribution in [1.29, 1.82) is 0 Å². The lowest BCUT2D eigenvalue weighted by Gasteiger charge is -2.24. The third-order valence-corrected chi connectivity index (χ3v) is 6.72. The van der Waals surface area contributed by atoms with Crippen molar-refractivity contribution in [2.45, 2.75) is 4.21 Å². The molecule has 0 fully saturated rings. The summed E-state index contributed by atoms with van der Waals surface area (Å²) in [5.74, 6) is 0. The van der Waals surface area contributed by atoms with E-state index in [0.717, 1.165) is 6.07 Å². The summed E-state index contributed by atoms with van der Waals surface area (Å²) in [6.07, 6.45) is 0. The predicted molar refractivity (Wildman–Crippen MR) is 91.9 cm³/mol. The Morgan fingerprint density at radius 2 is 1.61 bits per heavy atom. The molecule has 0 aliphatic heterocycles. The first-order chi connectivity index (χ1) is 10.6. The standard InChI is InChI=1S/C12H21ClN4O4S2/c1-14(2)5-7-16(8-6-15(3)4)23(20,21)11-9-10(17(18)19)12(13)22-11/h9H,5-8H2,1-4H3. The number of nitro groups is 1. The maximum absolute atomic E-state index is 12.8. The van der Waals surface area contributed by atoms with E-state index in [-0.39, 0.29) is 14.2 Å². The molecule has 0 radical (unpaired) electrons. The second-order valence-corrected chi connectivity index (χ2v) is 9.31. The number of hydrogen-bond acceptors (Lipinski definition) is 7. The van der Waals surface area contributed by atoms with E-state index in [1.54, 1.807) is 0 Å². The van der Waals surface area contributed by atoms with Crippen LogP contribution in [0.15, 0.2) is 10.3 Å². The van der Waals surface area contributed by atoms with Crippen molar-refractivity contribution in [2.75, 3.05) is 54.4 Å². The van der Waals surface area contributed by atoms with Crippen molar-refractivity contribution in [1.82, 2.24) is 14.1 Å². The van der Waals surface area contributed by atoms with E-state index >= 15 is 0 Å². The molecular formula is C12H21ClN4O4S2. The lowest BCUT2D eigenvalue weighted by Crippen LogP contribution is -2.40. The van der Waals surface area contributed by atoms with Gasteiger partial charge in [0.25, 0.3) is 15.7 Å². The van der Waals surface area contributed by atoms with E-state index in [1.807, 2.05) is 38.0 Å². The molecule has 0 aliphatic rings. The summed E-state index contributed by atoms with van der Waals surface area (Å²) in [5, 5.41) is 10.9. The van der Waals surface area contributed by atoms with E-state index in [4.69, 9.17) is 11.6 Å². The molecule has 1 aromatic heterocycles. The van der Waals surface area contributed by atoms with Crippen molar-refractivity contribution in [3.8, 4) is 0 Å². The smallest absolute Gasteiger partial charge is 0.300 e. The van der Waals surface area contributed by atoms with Gasteiger partial charge >= 0.3 is 0 Å². The van der Waals surface area contributed by atoms with Crippen LogP contribution in [-0.4, -0.2) is 81.8 Å². The molecule has 23 heavy (non-hydrogen) atoms. The maximum atomic E-state index is 12.8. The van der Waals surface area contributed by atoms with Gasteiger partial charge in [-0.05, 0) is 28.2 Å². The molecular weight excluding hydrogens is 364 g/mol. The number of hydrogen-bond donors (Lipinski definition) is 0. The second-order valence-electron chi connectivity index (χ2n) is 5.49. The maximum Gasteiger partial charge on any atom is 0.300 e. The number of rotatable bonds is 9. The highest BCUT2D eigenvalue weighted by atomic mass is 35.5. The predicted octanol–water partition coefficient (Wildman–Crippen LogP) is 1.42. The van der Waals surface area contributed by atoms with Gasteiger partial charge in [-0.1, -0.05) is 11.6 Å². The SMILES string of the molecule is CN(C)CCN(CCN(C)C)S(=O)(=O)c1cc([N+](=O)[O-])c(Cl)s1. The zero-order chi connectivity index (χ0) is 17.8. The minimum Gasteiger partial charge on any atom is -0.308 e. The van der Waals surface area contributed by atoms with Crippen molar-refractivity contribution < 1.29 is 13.3 Å². The minimum atomic E-state index is -3.82. The third kappa shape index (κ3) is 5.66. The Bertz CT molecular complexity index is 633. The number of halogens is 1. The van der Waals surface area contributed by atoms with E-state index in [9.17, 15) is 18.5 Å². The average Bonchev–Trinajstić information content (AvgIpc) is 2.80. The Kier molecular flexibility index (Phi) is 7.36. The van der Waals surface area contributed by atoms with Crippen molar-refractivity contribution in [2.24, 2.45) is 0 Å². The van der Waals surface area contributed by atoms with Crippen LogP contribution in [0.4, 0.5) is 5.69 Å². The highest BCUT2D eigenvalue weighted by Crippen LogP contribution is 2.37. The Balaban J connectivity index is 3.10. The molecule has 0 spiro atoms. The number of likely N-dealkylation sites (N-methyl/N-ethyl adjacent to an activating group) is 2. The van der Waals surface area contributed by atoms with E-state index < -0.39 is 14.9 Å². The van der Waals surface area contributed by atoms with E-state index in [0.29, 0.717) is 37.5 Å². The van der Waals surface area contributed by atoms with Crippen molar-refractivity contribution >= 4 is 38.6 Å². The topological polar surface area (TPSA) is 87.0 Å². The first kappa shape index (κ1) is 20.3. The first-order valence-electron chi connectivity index (χ1n) is 6.79. The summed E-state index contributed by atoms with van der Waals surface area (Å²) < 4.78 is 26.6. The largest absolute Gasteiger partial charge is 0.308 e. The van der Waals surface area contributed by atoms with Gasteiger partial charge in [0.15, 0.2) is 4.34 Å². The van der Waals surface area contributed by atoms with Crippen LogP contribution >= 0.6 is 22.9 Å². The highest BCUT2D eigenvalue weighted by molar-refractivity contribution is 7.91. The fraction of sp³-hybridized carbons (Fsp3) is 0.667. The van der Waals surface area contributed by atoms with E-state index in [2.05, 4.69) is 0 Å². The van der Waals surface area contributed by atoms with Gasteiger partial charge in [0, 0.05) is 32.2 Å². The van der Waals surface area contributed by atoms with Crippen LogP contribution in [0.5, 0.6) is 0 Å². The number of sulfonamides is 1. The van der Waals surface area contributed by atoms with Crippen LogP contribution in [0.25, 0.3) is 0 Å². The Labute approximate surface area is 145 Å². The molecule has 1 rings (SSSR count). The zero-order valence-corrected chi connectivity index (χ0v) is 15.9. The number of nitrogens with zero attached hydrogens (tertiary/aromatic N) is 4. The van der Waals surface area contributed by atoms with Gasteiger partial charge in [-0.3, -0.25) is 10.1 Å². The van der Waals surface area contributed by atoms with Gasteiger partial charge in [-0.2, -0.15) is 4.31 Å². The fourth-order valence-electron chi connectivity index (χ4n) is 1.69. The normalized spacial score (nSPS) is 12.5. The molecule has 0 atom stereocenters. The van der Waals surface area contributed by atoms with Crippen molar-refractivity contribution in [3.63, 3.8) is 0 Å². The van der Waals surface area contributed by atoms with Gasteiger partial charge in [0.1, 0.15) is 4.21 Å². The van der Waals surface area contributed by atoms with Gasteiger partial charge in [0.2, 0.25) is 0 Å². The van der Waals surface area contributed by atoms with Crippen LogP contribution in [0, 0.1) is 10.1 Å². The highest BCUT2D eigenvalue weighted by Gasteiger charge is 2.30. The Morgan fingerprint density at radius 3 is 1.96 bits per heavy atom. The molecule has 0 saturated carbocycles. The molecule has 0 saturated heterocycles. The molecule has 1 aromatic rings. The van der Waals surface area contributed by atoms with Crippen LogP contribution in [0.1, 0.15) is 0 Å². The molecule has 132 valence electrons. The monoisotopic (exact) mass is 384 g/mol. The van der Waals surface area contributed by atoms with Crippen LogP contribution in [-0.2, 0) is 10.0 Å². The van der Waals surface area contributed by atoms with Crippen molar-refractivity contribution in [3.05, 3.63) is 20.5 Å². The first-order valence-corrected chi connectivity index (χ1v) is 9.42. The molecule has 0 N–H and O–H groups in total. The van der Waals surface area contributed by atoms with Crippen LogP contribution < -0.4 is 0 Å². The molecule has 8 nitrogen and oxygen atoms in total. The molecule has 0 bridgehead atoms.